The number of nitrogens with one attached hydrogen (secondary N) is 2. The number of anilines is 1. The Balaban J connectivity index is 1.30. The Bertz CT molecular complexity index is 1910. The molecule has 12 heteroatoms. The number of methoxy groups -OCH3 is 1. The Kier molecular flexibility index (Phi) is 10.9. The third-order valence-electron chi connectivity index (χ3n) is 10.6. The van der Waals surface area contributed by atoms with E-state index in [1.807, 2.05) is 25.1 Å². The number of allylic oxidation sites excluding steroid dienone is 1. The van der Waals surface area contributed by atoms with Crippen molar-refractivity contribution >= 4 is 39.0 Å². The molecule has 5 atom stereocenters. The second-order valence-corrected chi connectivity index (χ2v) is 16.8. The molecule has 2 amide bonds. The number of hydrogen-bond acceptors (Lipinski definition) is 7. The Morgan fingerprint density at radius 3 is 2.76 bits per heavy atom. The van der Waals surface area contributed by atoms with Crippen molar-refractivity contribution in [3.8, 4) is 5.75 Å². The number of fused-ring (bicyclic) bond motifs is 4. The summed E-state index contributed by atoms with van der Waals surface area (Å²) in [5.74, 6) is -0.00145. The molecule has 2 N–H and O–H groups in total. The quantitative estimate of drug-likeness (QED) is 0.277. The smallest absolute Gasteiger partial charge is 0.286 e. The molecular weight excluding hydrogens is 688 g/mol. The zero-order valence-electron chi connectivity index (χ0n) is 29.3. The summed E-state index contributed by atoms with van der Waals surface area (Å²) in [7, 11) is -1.79. The van der Waals surface area contributed by atoms with Gasteiger partial charge >= 0.3 is 0 Å². The second kappa shape index (κ2) is 15.5. The Labute approximate surface area is 305 Å². The van der Waals surface area contributed by atoms with Crippen molar-refractivity contribution in [1.29, 1.82) is 0 Å². The van der Waals surface area contributed by atoms with Gasteiger partial charge in [-0.1, -0.05) is 36.7 Å². The maximum Gasteiger partial charge on any atom is 0.286 e. The van der Waals surface area contributed by atoms with Crippen LogP contribution < -0.4 is 14.4 Å². The second-order valence-electron chi connectivity index (χ2n) is 14.4. The molecule has 1 aromatic heterocycles. The van der Waals surface area contributed by atoms with Gasteiger partial charge in [0.05, 0.1) is 37.4 Å². The number of carbonyl (C=O) groups is 2. The van der Waals surface area contributed by atoms with Gasteiger partial charge in [-0.3, -0.25) is 14.3 Å². The van der Waals surface area contributed by atoms with Gasteiger partial charge in [-0.25, -0.2) is 4.21 Å². The number of benzene rings is 2. The van der Waals surface area contributed by atoms with E-state index in [2.05, 4.69) is 43.3 Å². The first-order valence-electron chi connectivity index (χ1n) is 18.1. The van der Waals surface area contributed by atoms with Crippen molar-refractivity contribution < 1.29 is 28.0 Å². The van der Waals surface area contributed by atoms with Crippen molar-refractivity contribution in [2.75, 3.05) is 37.5 Å². The highest BCUT2D eigenvalue weighted by Crippen LogP contribution is 2.42. The Hall–Kier alpha value is -3.64. The predicted octanol–water partition coefficient (Wildman–Crippen LogP) is 7.05. The third kappa shape index (κ3) is 8.22. The predicted molar refractivity (Wildman–Crippen MR) is 199 cm³/mol. The van der Waals surface area contributed by atoms with Gasteiger partial charge in [-0.05, 0) is 109 Å². The highest BCUT2D eigenvalue weighted by molar-refractivity contribution is 7.92. The molecule has 0 radical (unpaired) electrons. The van der Waals surface area contributed by atoms with Crippen LogP contribution in [-0.4, -0.2) is 59.7 Å². The van der Waals surface area contributed by atoms with Crippen molar-refractivity contribution in [1.82, 2.24) is 9.71 Å². The van der Waals surface area contributed by atoms with Crippen LogP contribution in [0, 0.1) is 17.8 Å². The fraction of sp³-hybridized carbons (Fsp3) is 0.487. The summed E-state index contributed by atoms with van der Waals surface area (Å²) in [5, 5.41) is 0.714. The summed E-state index contributed by atoms with van der Waals surface area (Å²) in [5.41, 5.74) is 5.54. The lowest BCUT2D eigenvalue weighted by Crippen LogP contribution is -2.43. The molecule has 2 aromatic carbocycles. The molecule has 3 aliphatic heterocycles. The number of H-pyrrole nitrogens is 1. The third-order valence-corrected chi connectivity index (χ3v) is 12.9. The molecule has 7 rings (SSSR count). The van der Waals surface area contributed by atoms with Crippen LogP contribution in [0.15, 0.2) is 59.0 Å². The van der Waals surface area contributed by atoms with E-state index in [-0.39, 0.29) is 29.0 Å². The number of ether oxygens (including phenoxy) is 3. The maximum atomic E-state index is 14.6. The highest BCUT2D eigenvalue weighted by atomic mass is 35.5. The van der Waals surface area contributed by atoms with Crippen LogP contribution in [0.2, 0.25) is 5.02 Å². The highest BCUT2D eigenvalue weighted by Gasteiger charge is 2.38. The SMILES string of the molecule is CO[C@H]1/C=C/C[C@H](C)CS(=O)(NC(=O)c2cc3c([nH]2)CCOC3)=NC(=O)c2ccc3c(c2)N(Cc2ccc(Cl)cc2CCCCO3)C[C@@H]2CC[C@H]21. The minimum atomic E-state index is -3.55. The van der Waals surface area contributed by atoms with Crippen molar-refractivity contribution in [3.05, 3.63) is 93.3 Å². The number of aromatic nitrogens is 1. The van der Waals surface area contributed by atoms with E-state index in [0.717, 1.165) is 55.6 Å². The molecular formula is C39H47ClN4O6S. The number of amides is 2. The standard InChI is InChI=1S/C39H47ClN4O6S/c1-25-6-5-8-36(48-2)32-13-10-29(32)22-44-21-28-9-12-31(40)18-26(28)7-3-4-16-50-37-14-11-27(20-35(37)44)38(45)42-51(47,24-25)43-39(46)34-19-30-23-49-17-15-33(30)41-34/h5,8-9,11-12,14,18-20,25,29,32,36,41H,3-4,6-7,10,13,15-17,21-24H2,1-2H3,(H,42,43,45,46,47)/b8-5+/t25-,29-,32+,36-,51?/m0/s1. The van der Waals surface area contributed by atoms with E-state index in [1.165, 1.54) is 11.1 Å². The number of hydrogen-bond donors (Lipinski definition) is 2. The van der Waals surface area contributed by atoms with Gasteiger partial charge in [0.25, 0.3) is 11.8 Å². The Morgan fingerprint density at radius 1 is 1.08 bits per heavy atom. The van der Waals surface area contributed by atoms with Crippen molar-refractivity contribution in [3.63, 3.8) is 0 Å². The molecule has 3 aromatic rings. The topological polar surface area (TPSA) is 122 Å². The average molecular weight is 735 g/mol. The van der Waals surface area contributed by atoms with E-state index in [9.17, 15) is 13.8 Å². The normalized spacial score (nSPS) is 27.6. The first-order chi connectivity index (χ1) is 24.7. The summed E-state index contributed by atoms with van der Waals surface area (Å²) < 4.78 is 39.6. The first-order valence-corrected chi connectivity index (χ1v) is 20.1. The van der Waals surface area contributed by atoms with E-state index >= 15 is 0 Å². The van der Waals surface area contributed by atoms with Gasteiger partial charge in [-0.2, -0.15) is 0 Å². The fourth-order valence-corrected chi connectivity index (χ4v) is 9.82. The van der Waals surface area contributed by atoms with E-state index < -0.39 is 21.7 Å². The number of aromatic amines is 1. The zero-order valence-corrected chi connectivity index (χ0v) is 30.9. The minimum absolute atomic E-state index is 0.00156. The van der Waals surface area contributed by atoms with Gasteiger partial charge in [-0.15, -0.1) is 4.36 Å². The molecule has 272 valence electrons. The maximum absolute atomic E-state index is 14.6. The molecule has 51 heavy (non-hydrogen) atoms. The molecule has 1 saturated carbocycles. The minimum Gasteiger partial charge on any atom is -0.491 e. The molecule has 0 saturated heterocycles. The molecule has 1 aliphatic carbocycles. The van der Waals surface area contributed by atoms with Gasteiger partial charge in [0, 0.05) is 42.9 Å². The molecule has 4 heterocycles. The lowest BCUT2D eigenvalue weighted by Gasteiger charge is -2.43. The molecule has 2 bridgehead atoms. The van der Waals surface area contributed by atoms with Crippen LogP contribution in [0.3, 0.4) is 0 Å². The molecule has 4 aliphatic rings. The van der Waals surface area contributed by atoms with Gasteiger partial charge in [0.2, 0.25) is 0 Å². The lowest BCUT2D eigenvalue weighted by atomic mass is 9.70. The molecule has 1 fully saturated rings. The Morgan fingerprint density at radius 2 is 1.96 bits per heavy atom. The number of aryl methyl sites for hydroxylation is 1. The molecule has 1 unspecified atom stereocenters. The van der Waals surface area contributed by atoms with Crippen molar-refractivity contribution in [2.24, 2.45) is 22.1 Å². The van der Waals surface area contributed by atoms with Crippen LogP contribution in [0.1, 0.15) is 82.3 Å². The molecule has 0 spiro atoms. The van der Waals surface area contributed by atoms with Gasteiger partial charge in [0.1, 0.15) is 21.4 Å². The van der Waals surface area contributed by atoms with Gasteiger partial charge < -0.3 is 24.1 Å². The number of halogens is 1. The van der Waals surface area contributed by atoms with Gasteiger partial charge in [0.15, 0.2) is 0 Å². The molecule has 10 nitrogen and oxygen atoms in total. The van der Waals surface area contributed by atoms with Crippen LogP contribution in [0.25, 0.3) is 0 Å². The van der Waals surface area contributed by atoms with E-state index in [1.54, 1.807) is 19.2 Å². The number of carbonyl (C=O) groups excluding carboxylic acids is 2. The summed E-state index contributed by atoms with van der Waals surface area (Å²) in [4.78, 5) is 33.1. The summed E-state index contributed by atoms with van der Waals surface area (Å²) >= 11 is 6.47. The van der Waals surface area contributed by atoms with Crippen LogP contribution >= 0.6 is 11.6 Å². The summed E-state index contributed by atoms with van der Waals surface area (Å²) in [6, 6.07) is 13.1. The van der Waals surface area contributed by atoms with Crippen LogP contribution in [-0.2, 0) is 45.4 Å². The number of rotatable bonds is 3. The lowest BCUT2D eigenvalue weighted by molar-refractivity contribution is 0.0133. The van der Waals surface area contributed by atoms with Crippen molar-refractivity contribution in [2.45, 2.75) is 71.1 Å². The van der Waals surface area contributed by atoms with Crippen LogP contribution in [0.5, 0.6) is 5.75 Å². The average Bonchev–Trinajstić information content (AvgIpc) is 3.53. The summed E-state index contributed by atoms with van der Waals surface area (Å²) in [6.07, 6.45) is 10.2. The van der Waals surface area contributed by atoms with E-state index in [0.29, 0.717) is 61.8 Å². The zero-order chi connectivity index (χ0) is 35.5. The largest absolute Gasteiger partial charge is 0.491 e. The monoisotopic (exact) mass is 734 g/mol. The fourth-order valence-electron chi connectivity index (χ4n) is 7.75. The number of nitrogens with zero attached hydrogens (tertiary/aromatic N) is 2. The van der Waals surface area contributed by atoms with Crippen LogP contribution in [0.4, 0.5) is 5.69 Å². The summed E-state index contributed by atoms with van der Waals surface area (Å²) in [6.45, 7) is 4.79. The van der Waals surface area contributed by atoms with E-state index in [4.69, 9.17) is 25.8 Å². The first kappa shape index (κ1) is 35.7.